The van der Waals surface area contributed by atoms with Crippen LogP contribution >= 0.6 is 0 Å². The smallest absolute Gasteiger partial charge is 0.156 e. The summed E-state index contributed by atoms with van der Waals surface area (Å²) in [6.45, 7) is 3.01. The molecule has 152 valence electrons. The first-order valence-corrected chi connectivity index (χ1v) is 10.4. The Hall–Kier alpha value is -3.25. The van der Waals surface area contributed by atoms with E-state index in [1.807, 2.05) is 41.2 Å². The first kappa shape index (κ1) is 18.8. The summed E-state index contributed by atoms with van der Waals surface area (Å²) in [6, 6.07) is 16.5. The van der Waals surface area contributed by atoms with Gasteiger partial charge in [-0.15, -0.1) is 0 Å². The number of ether oxygens (including phenoxy) is 1. The SMILES string of the molecule is COc1cccc(CN2CCC[C@@H](c3nc4ccc(-c5ccncc5)cn4n3)C2)c1. The van der Waals surface area contributed by atoms with E-state index >= 15 is 0 Å². The lowest BCUT2D eigenvalue weighted by Gasteiger charge is -2.31. The molecule has 0 radical (unpaired) electrons. The minimum absolute atomic E-state index is 0.355. The number of likely N-dealkylation sites (tertiary alicyclic amines) is 1. The lowest BCUT2D eigenvalue weighted by molar-refractivity contribution is 0.196. The highest BCUT2D eigenvalue weighted by molar-refractivity contribution is 5.63. The predicted octanol–water partition coefficient (Wildman–Crippen LogP) is 4.18. The highest BCUT2D eigenvalue weighted by Crippen LogP contribution is 2.27. The summed E-state index contributed by atoms with van der Waals surface area (Å²) in [5.74, 6) is 2.21. The van der Waals surface area contributed by atoms with Crippen molar-refractivity contribution in [2.45, 2.75) is 25.3 Å². The van der Waals surface area contributed by atoms with Gasteiger partial charge in [0, 0.05) is 43.2 Å². The number of rotatable bonds is 5. The highest BCUT2D eigenvalue weighted by atomic mass is 16.5. The third-order valence-corrected chi connectivity index (χ3v) is 5.77. The van der Waals surface area contributed by atoms with Crippen molar-refractivity contribution in [1.29, 1.82) is 0 Å². The first-order valence-electron chi connectivity index (χ1n) is 10.4. The van der Waals surface area contributed by atoms with E-state index in [1.165, 1.54) is 5.56 Å². The zero-order valence-electron chi connectivity index (χ0n) is 17.1. The Kier molecular flexibility index (Phi) is 5.15. The number of hydrogen-bond acceptors (Lipinski definition) is 5. The normalized spacial score (nSPS) is 17.3. The van der Waals surface area contributed by atoms with Crippen LogP contribution in [0.1, 0.15) is 30.1 Å². The maximum Gasteiger partial charge on any atom is 0.156 e. The zero-order chi connectivity index (χ0) is 20.3. The molecule has 0 saturated carbocycles. The fraction of sp³-hybridized carbons (Fsp3) is 0.292. The van der Waals surface area contributed by atoms with Gasteiger partial charge in [0.05, 0.1) is 7.11 Å². The fourth-order valence-electron chi connectivity index (χ4n) is 4.23. The molecule has 5 rings (SSSR count). The van der Waals surface area contributed by atoms with Crippen LogP contribution in [0.5, 0.6) is 5.75 Å². The van der Waals surface area contributed by atoms with E-state index in [0.717, 1.165) is 60.8 Å². The molecule has 30 heavy (non-hydrogen) atoms. The Morgan fingerprint density at radius 2 is 1.97 bits per heavy atom. The minimum Gasteiger partial charge on any atom is -0.497 e. The van der Waals surface area contributed by atoms with Crippen molar-refractivity contribution in [1.82, 2.24) is 24.5 Å². The van der Waals surface area contributed by atoms with Crippen LogP contribution in [0.15, 0.2) is 67.1 Å². The molecule has 3 aromatic heterocycles. The molecule has 1 atom stereocenters. The van der Waals surface area contributed by atoms with Gasteiger partial charge in [-0.2, -0.15) is 5.10 Å². The van der Waals surface area contributed by atoms with E-state index in [2.05, 4.69) is 40.3 Å². The molecule has 1 saturated heterocycles. The molecular formula is C24H25N5O. The van der Waals surface area contributed by atoms with Gasteiger partial charge in [0.15, 0.2) is 11.5 Å². The molecule has 1 aliphatic rings. The van der Waals surface area contributed by atoms with Crippen molar-refractivity contribution in [3.05, 3.63) is 78.5 Å². The number of pyridine rings is 2. The van der Waals surface area contributed by atoms with Crippen LogP contribution in [-0.4, -0.2) is 44.7 Å². The number of hydrogen-bond donors (Lipinski definition) is 0. The van der Waals surface area contributed by atoms with Crippen LogP contribution in [0, 0.1) is 0 Å². The van der Waals surface area contributed by atoms with Crippen LogP contribution in [0.2, 0.25) is 0 Å². The monoisotopic (exact) mass is 399 g/mol. The molecule has 6 nitrogen and oxygen atoms in total. The topological polar surface area (TPSA) is 55.5 Å². The summed E-state index contributed by atoms with van der Waals surface area (Å²) in [7, 11) is 1.71. The van der Waals surface area contributed by atoms with Gasteiger partial charge in [-0.1, -0.05) is 12.1 Å². The molecule has 0 N–H and O–H groups in total. The number of nitrogens with zero attached hydrogens (tertiary/aromatic N) is 5. The standard InChI is InChI=1S/C24H25N5O/c1-30-22-6-2-4-18(14-22)15-28-13-3-5-21(16-28)24-26-23-8-7-20(17-29(23)27-24)19-9-11-25-12-10-19/h2,4,6-12,14,17,21H,3,5,13,15-16H2,1H3/t21-/m1/s1. The van der Waals surface area contributed by atoms with E-state index < -0.39 is 0 Å². The summed E-state index contributed by atoms with van der Waals surface area (Å²) in [4.78, 5) is 11.4. The van der Waals surface area contributed by atoms with Crippen LogP contribution in [-0.2, 0) is 6.54 Å². The van der Waals surface area contributed by atoms with Gasteiger partial charge in [0.25, 0.3) is 0 Å². The maximum absolute atomic E-state index is 5.36. The molecule has 1 fully saturated rings. The third-order valence-electron chi connectivity index (χ3n) is 5.77. The van der Waals surface area contributed by atoms with E-state index in [1.54, 1.807) is 7.11 Å². The largest absolute Gasteiger partial charge is 0.497 e. The summed E-state index contributed by atoms with van der Waals surface area (Å²) >= 11 is 0. The second-order valence-electron chi connectivity index (χ2n) is 7.85. The second-order valence-corrected chi connectivity index (χ2v) is 7.85. The molecule has 0 aliphatic carbocycles. The Labute approximate surface area is 176 Å². The summed E-state index contributed by atoms with van der Waals surface area (Å²) < 4.78 is 7.27. The van der Waals surface area contributed by atoms with Crippen molar-refractivity contribution < 1.29 is 4.74 Å². The molecule has 1 aromatic carbocycles. The molecule has 0 bridgehead atoms. The predicted molar refractivity (Wildman–Crippen MR) is 116 cm³/mol. The van der Waals surface area contributed by atoms with Gasteiger partial charge in [-0.25, -0.2) is 9.50 Å². The van der Waals surface area contributed by atoms with Crippen molar-refractivity contribution in [3.63, 3.8) is 0 Å². The summed E-state index contributed by atoms with van der Waals surface area (Å²) in [5.41, 5.74) is 4.42. The van der Waals surface area contributed by atoms with Gasteiger partial charge in [0.1, 0.15) is 5.75 Å². The third kappa shape index (κ3) is 3.91. The molecule has 6 heteroatoms. The van der Waals surface area contributed by atoms with E-state index in [0.29, 0.717) is 5.92 Å². The van der Waals surface area contributed by atoms with Crippen molar-refractivity contribution >= 4 is 5.65 Å². The van der Waals surface area contributed by atoms with Crippen molar-refractivity contribution in [2.75, 3.05) is 20.2 Å². The number of methoxy groups -OCH3 is 1. The molecule has 4 heterocycles. The number of benzene rings is 1. The lowest BCUT2D eigenvalue weighted by atomic mass is 9.97. The minimum atomic E-state index is 0.355. The Morgan fingerprint density at radius 1 is 1.07 bits per heavy atom. The maximum atomic E-state index is 5.36. The van der Waals surface area contributed by atoms with Gasteiger partial charge in [-0.3, -0.25) is 9.88 Å². The lowest BCUT2D eigenvalue weighted by Crippen LogP contribution is -2.34. The van der Waals surface area contributed by atoms with Crippen LogP contribution in [0.3, 0.4) is 0 Å². The highest BCUT2D eigenvalue weighted by Gasteiger charge is 2.25. The molecule has 0 amide bonds. The van der Waals surface area contributed by atoms with Crippen molar-refractivity contribution in [2.24, 2.45) is 0 Å². The van der Waals surface area contributed by atoms with Crippen LogP contribution < -0.4 is 4.74 Å². The molecular weight excluding hydrogens is 374 g/mol. The van der Waals surface area contributed by atoms with E-state index in [-0.39, 0.29) is 0 Å². The molecule has 0 spiro atoms. The first-order chi connectivity index (χ1) is 14.8. The Morgan fingerprint density at radius 3 is 2.83 bits per heavy atom. The van der Waals surface area contributed by atoms with Crippen molar-refractivity contribution in [3.8, 4) is 16.9 Å². The second kappa shape index (κ2) is 8.24. The molecule has 1 aliphatic heterocycles. The Balaban J connectivity index is 1.34. The quantitative estimate of drug-likeness (QED) is 0.504. The molecule has 0 unspecified atom stereocenters. The van der Waals surface area contributed by atoms with Gasteiger partial charge < -0.3 is 4.74 Å². The molecule has 4 aromatic rings. The van der Waals surface area contributed by atoms with Crippen LogP contribution in [0.25, 0.3) is 16.8 Å². The van der Waals surface area contributed by atoms with Gasteiger partial charge in [0.2, 0.25) is 0 Å². The summed E-state index contributed by atoms with van der Waals surface area (Å²) in [5, 5.41) is 4.83. The number of fused-ring (bicyclic) bond motifs is 1. The number of piperidine rings is 1. The zero-order valence-corrected chi connectivity index (χ0v) is 17.1. The number of aromatic nitrogens is 4. The van der Waals surface area contributed by atoms with E-state index in [4.69, 9.17) is 14.8 Å². The van der Waals surface area contributed by atoms with Crippen LogP contribution in [0.4, 0.5) is 0 Å². The fourth-order valence-corrected chi connectivity index (χ4v) is 4.23. The summed E-state index contributed by atoms with van der Waals surface area (Å²) in [6.07, 6.45) is 7.96. The van der Waals surface area contributed by atoms with Gasteiger partial charge in [-0.05, 0) is 66.9 Å². The average molecular weight is 399 g/mol. The van der Waals surface area contributed by atoms with E-state index in [9.17, 15) is 0 Å². The van der Waals surface area contributed by atoms with Gasteiger partial charge >= 0.3 is 0 Å². The average Bonchev–Trinajstić information content (AvgIpc) is 3.23. The Bertz CT molecular complexity index is 1140.